The van der Waals surface area contributed by atoms with Gasteiger partial charge in [0.25, 0.3) is 11.5 Å². The first-order valence-corrected chi connectivity index (χ1v) is 9.30. The van der Waals surface area contributed by atoms with Crippen LogP contribution in [0.3, 0.4) is 0 Å². The lowest BCUT2D eigenvalue weighted by Crippen LogP contribution is -2.48. The molecule has 7 nitrogen and oxygen atoms in total. The maximum Gasteiger partial charge on any atom is 0.261 e. The summed E-state index contributed by atoms with van der Waals surface area (Å²) in [5.41, 5.74) is 0.894. The van der Waals surface area contributed by atoms with Gasteiger partial charge in [-0.3, -0.25) is 19.5 Å². The van der Waals surface area contributed by atoms with Crippen LogP contribution in [0.4, 0.5) is 0 Å². The number of H-pyrrole nitrogens is 1. The number of aromatic amines is 1. The molecule has 1 fully saturated rings. The van der Waals surface area contributed by atoms with E-state index >= 15 is 0 Å². The zero-order chi connectivity index (χ0) is 19.2. The first kappa shape index (κ1) is 19.3. The molecule has 144 valence electrons. The highest BCUT2D eigenvalue weighted by Gasteiger charge is 2.22. The summed E-state index contributed by atoms with van der Waals surface area (Å²) in [7, 11) is 0. The van der Waals surface area contributed by atoms with E-state index < -0.39 is 11.5 Å². The van der Waals surface area contributed by atoms with Crippen LogP contribution >= 0.6 is 0 Å². The number of aromatic nitrogens is 2. The number of hydrogen-bond donors (Lipinski definition) is 2. The third-order valence-corrected chi connectivity index (χ3v) is 4.43. The van der Waals surface area contributed by atoms with Crippen LogP contribution in [0.1, 0.15) is 24.2 Å². The molecule has 3 heterocycles. The molecule has 0 radical (unpaired) electrons. The molecule has 0 bridgehead atoms. The van der Waals surface area contributed by atoms with E-state index in [9.17, 15) is 9.59 Å². The van der Waals surface area contributed by atoms with E-state index in [1.165, 1.54) is 6.07 Å². The van der Waals surface area contributed by atoms with Gasteiger partial charge in [-0.1, -0.05) is 19.9 Å². The lowest BCUT2D eigenvalue weighted by Gasteiger charge is -2.33. The Morgan fingerprint density at radius 3 is 2.93 bits per heavy atom. The van der Waals surface area contributed by atoms with Gasteiger partial charge in [0.05, 0.1) is 24.1 Å². The Labute approximate surface area is 158 Å². The summed E-state index contributed by atoms with van der Waals surface area (Å²) in [5, 5.41) is 2.82. The van der Waals surface area contributed by atoms with Crippen LogP contribution < -0.4 is 10.9 Å². The predicted octanol–water partition coefficient (Wildman–Crippen LogP) is 1.52. The van der Waals surface area contributed by atoms with Crippen LogP contribution in [0.25, 0.3) is 11.4 Å². The molecule has 1 aliphatic heterocycles. The Kier molecular flexibility index (Phi) is 6.36. The number of rotatable bonds is 6. The molecule has 1 aliphatic rings. The number of hydrogen-bond acceptors (Lipinski definition) is 5. The molecule has 0 spiro atoms. The molecule has 0 saturated carbocycles. The second-order valence-corrected chi connectivity index (χ2v) is 7.19. The van der Waals surface area contributed by atoms with E-state index in [2.05, 4.69) is 34.0 Å². The molecule has 2 aromatic rings. The minimum Gasteiger partial charge on any atom is -0.374 e. The van der Waals surface area contributed by atoms with Crippen molar-refractivity contribution in [2.45, 2.75) is 20.0 Å². The van der Waals surface area contributed by atoms with E-state index in [0.717, 1.165) is 19.6 Å². The standard InChI is InChI=1S/C20H26N4O3/c1-14(2)12-24-9-10-27-15(13-24)11-22-19(25)16-6-7-18(23-20(16)26)17-5-3-4-8-21-17/h3-8,14-15H,9-13H2,1-2H3,(H,22,25)(H,23,26). The molecule has 1 atom stereocenters. The van der Waals surface area contributed by atoms with E-state index in [1.807, 2.05) is 6.07 Å². The third kappa shape index (κ3) is 5.24. The van der Waals surface area contributed by atoms with E-state index in [0.29, 0.717) is 30.5 Å². The summed E-state index contributed by atoms with van der Waals surface area (Å²) >= 11 is 0. The SMILES string of the molecule is CC(C)CN1CCOC(CNC(=O)c2ccc(-c3ccccn3)[nH]c2=O)C1. The van der Waals surface area contributed by atoms with Crippen molar-refractivity contribution < 1.29 is 9.53 Å². The smallest absolute Gasteiger partial charge is 0.261 e. The fourth-order valence-corrected chi connectivity index (χ4v) is 3.21. The van der Waals surface area contributed by atoms with Crippen LogP contribution in [0.5, 0.6) is 0 Å². The van der Waals surface area contributed by atoms with E-state index in [1.54, 1.807) is 24.4 Å². The fraction of sp³-hybridized carbons (Fsp3) is 0.450. The Morgan fingerprint density at radius 2 is 2.22 bits per heavy atom. The lowest BCUT2D eigenvalue weighted by molar-refractivity contribution is -0.0295. The van der Waals surface area contributed by atoms with E-state index in [-0.39, 0.29) is 11.7 Å². The van der Waals surface area contributed by atoms with Crippen molar-refractivity contribution in [3.8, 4) is 11.4 Å². The Morgan fingerprint density at radius 1 is 1.37 bits per heavy atom. The fourth-order valence-electron chi connectivity index (χ4n) is 3.21. The Hall–Kier alpha value is -2.51. The van der Waals surface area contributed by atoms with Crippen LogP contribution in [0, 0.1) is 5.92 Å². The quantitative estimate of drug-likeness (QED) is 0.805. The van der Waals surface area contributed by atoms with Gasteiger partial charge in [-0.05, 0) is 30.2 Å². The minimum atomic E-state index is -0.429. The molecule has 0 aromatic carbocycles. The molecular formula is C20H26N4O3. The van der Waals surface area contributed by atoms with Gasteiger partial charge in [-0.15, -0.1) is 0 Å². The van der Waals surface area contributed by atoms with Gasteiger partial charge in [0.2, 0.25) is 0 Å². The summed E-state index contributed by atoms with van der Waals surface area (Å²) in [6, 6.07) is 8.67. The second-order valence-electron chi connectivity index (χ2n) is 7.19. The molecule has 0 aliphatic carbocycles. The van der Waals surface area contributed by atoms with Gasteiger partial charge in [-0.2, -0.15) is 0 Å². The largest absolute Gasteiger partial charge is 0.374 e. The van der Waals surface area contributed by atoms with Gasteiger partial charge in [0.15, 0.2) is 0 Å². The highest BCUT2D eigenvalue weighted by atomic mass is 16.5. The summed E-state index contributed by atoms with van der Waals surface area (Å²) in [6.07, 6.45) is 1.59. The van der Waals surface area contributed by atoms with Gasteiger partial charge < -0.3 is 15.0 Å². The summed E-state index contributed by atoms with van der Waals surface area (Å²) in [5.74, 6) is 0.197. The highest BCUT2D eigenvalue weighted by Crippen LogP contribution is 2.12. The molecule has 3 rings (SSSR count). The molecule has 27 heavy (non-hydrogen) atoms. The van der Waals surface area contributed by atoms with Gasteiger partial charge in [0, 0.05) is 32.4 Å². The van der Waals surface area contributed by atoms with Crippen molar-refractivity contribution >= 4 is 5.91 Å². The van der Waals surface area contributed by atoms with Crippen molar-refractivity contribution in [3.63, 3.8) is 0 Å². The predicted molar refractivity (Wildman–Crippen MR) is 104 cm³/mol. The molecule has 7 heteroatoms. The molecule has 1 saturated heterocycles. The number of carbonyl (C=O) groups excluding carboxylic acids is 1. The van der Waals surface area contributed by atoms with Crippen molar-refractivity contribution in [1.82, 2.24) is 20.2 Å². The van der Waals surface area contributed by atoms with Crippen LogP contribution in [-0.4, -0.2) is 59.7 Å². The number of morpholine rings is 1. The zero-order valence-electron chi connectivity index (χ0n) is 15.8. The van der Waals surface area contributed by atoms with E-state index in [4.69, 9.17) is 4.74 Å². The molecule has 1 unspecified atom stereocenters. The Balaban J connectivity index is 1.59. The average Bonchev–Trinajstić information content (AvgIpc) is 2.66. The van der Waals surface area contributed by atoms with Crippen molar-refractivity contribution in [1.29, 1.82) is 0 Å². The lowest BCUT2D eigenvalue weighted by atomic mass is 10.1. The normalized spacial score (nSPS) is 17.8. The number of amides is 1. The summed E-state index contributed by atoms with van der Waals surface area (Å²) < 4.78 is 5.73. The van der Waals surface area contributed by atoms with Crippen LogP contribution in [0.2, 0.25) is 0 Å². The molecule has 2 N–H and O–H groups in total. The maximum absolute atomic E-state index is 12.4. The van der Waals surface area contributed by atoms with Crippen molar-refractivity contribution in [2.24, 2.45) is 5.92 Å². The van der Waals surface area contributed by atoms with Gasteiger partial charge in [0.1, 0.15) is 5.56 Å². The number of ether oxygens (including phenoxy) is 1. The second kappa shape index (κ2) is 8.92. The van der Waals surface area contributed by atoms with Gasteiger partial charge >= 0.3 is 0 Å². The number of pyridine rings is 2. The molecule has 1 amide bonds. The average molecular weight is 370 g/mol. The van der Waals surface area contributed by atoms with Crippen LogP contribution in [0.15, 0.2) is 41.3 Å². The number of nitrogens with one attached hydrogen (secondary N) is 2. The highest BCUT2D eigenvalue weighted by molar-refractivity contribution is 5.94. The molecule has 2 aromatic heterocycles. The monoisotopic (exact) mass is 370 g/mol. The van der Waals surface area contributed by atoms with Crippen molar-refractivity contribution in [2.75, 3.05) is 32.8 Å². The van der Waals surface area contributed by atoms with Crippen LogP contribution in [-0.2, 0) is 4.74 Å². The topological polar surface area (TPSA) is 87.3 Å². The molecular weight excluding hydrogens is 344 g/mol. The number of carbonyl (C=O) groups is 1. The third-order valence-electron chi connectivity index (χ3n) is 4.43. The summed E-state index contributed by atoms with van der Waals surface area (Å²) in [6.45, 7) is 8.13. The van der Waals surface area contributed by atoms with Gasteiger partial charge in [-0.25, -0.2) is 0 Å². The number of nitrogens with zero attached hydrogens (tertiary/aromatic N) is 2. The minimum absolute atomic E-state index is 0.0617. The summed E-state index contributed by atoms with van der Waals surface area (Å²) in [4.78, 5) is 34.0. The first-order valence-electron chi connectivity index (χ1n) is 9.30. The Bertz CT molecular complexity index is 819. The zero-order valence-corrected chi connectivity index (χ0v) is 15.8. The maximum atomic E-state index is 12.4. The first-order chi connectivity index (χ1) is 13.0. The van der Waals surface area contributed by atoms with Crippen molar-refractivity contribution in [3.05, 3.63) is 52.4 Å².